The molecule has 2 heterocycles. The normalized spacial score (nSPS) is 15.5. The van der Waals surface area contributed by atoms with Gasteiger partial charge in [0.1, 0.15) is 0 Å². The maximum Gasteiger partial charge on any atom is 0.233 e. The van der Waals surface area contributed by atoms with Gasteiger partial charge in [-0.3, -0.25) is 9.78 Å². The van der Waals surface area contributed by atoms with Crippen LogP contribution < -0.4 is 5.32 Å². The number of nitrogens with zero attached hydrogens (tertiary/aromatic N) is 3. The summed E-state index contributed by atoms with van der Waals surface area (Å²) in [6.45, 7) is 1.92. The number of pyridine rings is 1. The molecule has 1 aliphatic carbocycles. The topological polar surface area (TPSA) is 67.8 Å². The fourth-order valence-corrected chi connectivity index (χ4v) is 3.29. The number of carbonyl (C=O) groups excluding carboxylic acids is 1. The fourth-order valence-electron chi connectivity index (χ4n) is 3.29. The highest BCUT2D eigenvalue weighted by Crippen LogP contribution is 2.32. The number of benzene rings is 1. The number of carbonyl (C=O) groups is 1. The Balaban J connectivity index is 1.58. The molecule has 0 saturated carbocycles. The van der Waals surface area contributed by atoms with Gasteiger partial charge in [-0.2, -0.15) is 0 Å². The molecule has 0 saturated heterocycles. The minimum Gasteiger partial charge on any atom is -0.325 e. The zero-order valence-electron chi connectivity index (χ0n) is 14.2. The van der Waals surface area contributed by atoms with Gasteiger partial charge in [0.2, 0.25) is 5.91 Å². The summed E-state index contributed by atoms with van der Waals surface area (Å²) < 4.78 is 13.1. The Morgan fingerprint density at radius 2 is 2.00 bits per heavy atom. The van der Waals surface area contributed by atoms with Crippen LogP contribution >= 0.6 is 0 Å². The number of aryl methyl sites for hydroxylation is 2. The van der Waals surface area contributed by atoms with Crippen molar-refractivity contribution in [3.05, 3.63) is 71.6 Å². The molecule has 0 radical (unpaired) electrons. The average Bonchev–Trinajstić information content (AvgIpc) is 3.08. The van der Waals surface area contributed by atoms with Crippen molar-refractivity contribution < 1.29 is 9.18 Å². The first-order valence-electron chi connectivity index (χ1n) is 8.45. The number of aromatic nitrogens is 3. The monoisotopic (exact) mass is 348 g/mol. The van der Waals surface area contributed by atoms with Gasteiger partial charge in [-0.15, -0.1) is 0 Å². The maximum atomic E-state index is 13.1. The summed E-state index contributed by atoms with van der Waals surface area (Å²) in [5, 5.41) is 2.96. The van der Waals surface area contributed by atoms with Crippen LogP contribution in [0.1, 0.15) is 29.2 Å². The van der Waals surface area contributed by atoms with Gasteiger partial charge >= 0.3 is 0 Å². The summed E-state index contributed by atoms with van der Waals surface area (Å²) in [6, 6.07) is 9.46. The second kappa shape index (κ2) is 6.63. The highest BCUT2D eigenvalue weighted by atomic mass is 19.1. The Labute approximate surface area is 150 Å². The van der Waals surface area contributed by atoms with Gasteiger partial charge in [0.25, 0.3) is 0 Å². The molecule has 4 rings (SSSR count). The van der Waals surface area contributed by atoms with Crippen molar-refractivity contribution in [2.24, 2.45) is 0 Å². The van der Waals surface area contributed by atoms with Crippen molar-refractivity contribution in [2.45, 2.75) is 25.7 Å². The zero-order valence-corrected chi connectivity index (χ0v) is 14.2. The van der Waals surface area contributed by atoms with Gasteiger partial charge in [-0.1, -0.05) is 12.1 Å². The molecule has 3 aromatic rings. The minimum atomic E-state index is -0.483. The standard InChI is InChI=1S/C20H17FN4O/c1-12-4-6-15(9-17(12)19-23-10-14(21)11-24-19)25-20(26)16-7-5-13-3-2-8-22-18(13)16/h2-4,6,8-11,16H,5,7H2,1H3,(H,25,26). The molecule has 1 N–H and O–H groups in total. The van der Waals surface area contributed by atoms with Crippen molar-refractivity contribution in [1.82, 2.24) is 15.0 Å². The second-order valence-electron chi connectivity index (χ2n) is 6.38. The summed E-state index contributed by atoms with van der Waals surface area (Å²) in [7, 11) is 0. The molecule has 6 heteroatoms. The van der Waals surface area contributed by atoms with Gasteiger partial charge in [0.15, 0.2) is 11.6 Å². The van der Waals surface area contributed by atoms with Crippen molar-refractivity contribution in [2.75, 3.05) is 5.32 Å². The van der Waals surface area contributed by atoms with Gasteiger partial charge < -0.3 is 5.32 Å². The van der Waals surface area contributed by atoms with Crippen LogP contribution in [0.3, 0.4) is 0 Å². The van der Waals surface area contributed by atoms with E-state index >= 15 is 0 Å². The summed E-state index contributed by atoms with van der Waals surface area (Å²) in [4.78, 5) is 25.2. The quantitative estimate of drug-likeness (QED) is 0.784. The molecule has 0 aliphatic heterocycles. The van der Waals surface area contributed by atoms with Crippen LogP contribution in [-0.4, -0.2) is 20.9 Å². The lowest BCUT2D eigenvalue weighted by Gasteiger charge is -2.13. The van der Waals surface area contributed by atoms with E-state index in [1.807, 2.05) is 37.3 Å². The van der Waals surface area contributed by atoms with E-state index in [9.17, 15) is 9.18 Å². The van der Waals surface area contributed by atoms with Crippen LogP contribution in [0.25, 0.3) is 11.4 Å². The Morgan fingerprint density at radius 3 is 2.81 bits per heavy atom. The van der Waals surface area contributed by atoms with E-state index in [2.05, 4.69) is 20.3 Å². The molecule has 1 aromatic carbocycles. The highest BCUT2D eigenvalue weighted by Gasteiger charge is 2.29. The van der Waals surface area contributed by atoms with E-state index < -0.39 is 5.82 Å². The molecule has 1 atom stereocenters. The number of halogens is 1. The molecule has 0 bridgehead atoms. The molecule has 2 aromatic heterocycles. The predicted molar refractivity (Wildman–Crippen MR) is 96.1 cm³/mol. The van der Waals surface area contributed by atoms with E-state index in [1.165, 1.54) is 0 Å². The lowest BCUT2D eigenvalue weighted by molar-refractivity contribution is -0.117. The molecular weight excluding hydrogens is 331 g/mol. The van der Waals surface area contributed by atoms with Gasteiger partial charge in [0.05, 0.1) is 24.0 Å². The number of hydrogen-bond acceptors (Lipinski definition) is 4. The molecule has 1 aliphatic rings. The van der Waals surface area contributed by atoms with E-state index in [0.29, 0.717) is 11.5 Å². The van der Waals surface area contributed by atoms with Crippen LogP contribution in [-0.2, 0) is 11.2 Å². The second-order valence-corrected chi connectivity index (χ2v) is 6.38. The summed E-state index contributed by atoms with van der Waals surface area (Å²) in [5.41, 5.74) is 4.36. The summed E-state index contributed by atoms with van der Waals surface area (Å²) in [5.74, 6) is -0.369. The summed E-state index contributed by atoms with van der Waals surface area (Å²) >= 11 is 0. The number of nitrogens with one attached hydrogen (secondary N) is 1. The smallest absolute Gasteiger partial charge is 0.233 e. The number of amides is 1. The van der Waals surface area contributed by atoms with E-state index in [0.717, 1.165) is 47.6 Å². The minimum absolute atomic E-state index is 0.0720. The van der Waals surface area contributed by atoms with E-state index in [-0.39, 0.29) is 11.8 Å². The van der Waals surface area contributed by atoms with E-state index in [4.69, 9.17) is 0 Å². The van der Waals surface area contributed by atoms with Gasteiger partial charge in [-0.05, 0) is 49.1 Å². The Morgan fingerprint density at radius 1 is 1.19 bits per heavy atom. The third kappa shape index (κ3) is 3.06. The number of anilines is 1. The number of hydrogen-bond donors (Lipinski definition) is 1. The van der Waals surface area contributed by atoms with Crippen LogP contribution in [0.15, 0.2) is 48.9 Å². The van der Waals surface area contributed by atoms with Crippen molar-refractivity contribution in [1.29, 1.82) is 0 Å². The Bertz CT molecular complexity index is 972. The van der Waals surface area contributed by atoms with Crippen LogP contribution in [0.4, 0.5) is 10.1 Å². The first-order valence-corrected chi connectivity index (χ1v) is 8.45. The third-order valence-electron chi connectivity index (χ3n) is 4.64. The first-order chi connectivity index (χ1) is 12.6. The van der Waals surface area contributed by atoms with Crippen molar-refractivity contribution in [3.63, 3.8) is 0 Å². The van der Waals surface area contributed by atoms with Crippen LogP contribution in [0.2, 0.25) is 0 Å². The van der Waals surface area contributed by atoms with Crippen LogP contribution in [0.5, 0.6) is 0 Å². The largest absolute Gasteiger partial charge is 0.325 e. The maximum absolute atomic E-state index is 13.1. The predicted octanol–water partition coefficient (Wildman–Crippen LogP) is 3.65. The third-order valence-corrected chi connectivity index (χ3v) is 4.64. The first kappa shape index (κ1) is 16.3. The lowest BCUT2D eigenvalue weighted by Crippen LogP contribution is -2.20. The zero-order chi connectivity index (χ0) is 18.1. The van der Waals surface area contributed by atoms with Gasteiger partial charge in [-0.25, -0.2) is 14.4 Å². The highest BCUT2D eigenvalue weighted by molar-refractivity contribution is 5.96. The number of fused-ring (bicyclic) bond motifs is 1. The average molecular weight is 348 g/mol. The molecule has 1 unspecified atom stereocenters. The SMILES string of the molecule is Cc1ccc(NC(=O)C2CCc3cccnc32)cc1-c1ncc(F)cn1. The molecule has 5 nitrogen and oxygen atoms in total. The van der Waals surface area contributed by atoms with Gasteiger partial charge in [0, 0.05) is 17.4 Å². The fraction of sp³-hybridized carbons (Fsp3) is 0.200. The molecule has 0 spiro atoms. The Hall–Kier alpha value is -3.15. The Kier molecular flexibility index (Phi) is 4.16. The van der Waals surface area contributed by atoms with Crippen LogP contribution in [0, 0.1) is 12.7 Å². The molecule has 26 heavy (non-hydrogen) atoms. The summed E-state index contributed by atoms with van der Waals surface area (Å²) in [6.07, 6.45) is 5.62. The van der Waals surface area contributed by atoms with E-state index in [1.54, 1.807) is 6.20 Å². The van der Waals surface area contributed by atoms with Crippen molar-refractivity contribution in [3.8, 4) is 11.4 Å². The lowest BCUT2D eigenvalue weighted by atomic mass is 10.0. The molecule has 0 fully saturated rings. The van der Waals surface area contributed by atoms with Crippen molar-refractivity contribution >= 4 is 11.6 Å². The number of rotatable bonds is 3. The molecule has 130 valence electrons. The molecular formula is C20H17FN4O. The molecule has 1 amide bonds.